The molecule has 3 heterocycles. The largest absolute Gasteiger partial charge is 0.492 e. The molecule has 11 heteroatoms. The second kappa shape index (κ2) is 11.1. The van der Waals surface area contributed by atoms with Gasteiger partial charge in [-0.3, -0.25) is 14.3 Å². The van der Waals surface area contributed by atoms with E-state index >= 15 is 0 Å². The Morgan fingerprint density at radius 3 is 2.55 bits per heavy atom. The van der Waals surface area contributed by atoms with Crippen LogP contribution in [0, 0.1) is 5.82 Å². The molecule has 2 aromatic heterocycles. The summed E-state index contributed by atoms with van der Waals surface area (Å²) in [4.78, 5) is 21.1. The van der Waals surface area contributed by atoms with Crippen molar-refractivity contribution in [3.63, 3.8) is 0 Å². The molecule has 5 rings (SSSR count). The van der Waals surface area contributed by atoms with Crippen molar-refractivity contribution in [3.05, 3.63) is 88.5 Å². The number of halogens is 1. The maximum atomic E-state index is 14.1. The first-order chi connectivity index (χ1) is 19.3. The van der Waals surface area contributed by atoms with E-state index < -0.39 is 38.0 Å². The average molecular weight is 566 g/mol. The summed E-state index contributed by atoms with van der Waals surface area (Å²) in [7, 11) is -4.49. The van der Waals surface area contributed by atoms with Gasteiger partial charge in [0.15, 0.2) is 16.4 Å². The van der Waals surface area contributed by atoms with Crippen molar-refractivity contribution in [2.45, 2.75) is 55.4 Å². The molecule has 0 saturated carbocycles. The van der Waals surface area contributed by atoms with E-state index in [0.717, 1.165) is 12.6 Å². The Hall–Kier alpha value is -4.25. The monoisotopic (exact) mass is 565 g/mol. The highest BCUT2D eigenvalue weighted by atomic mass is 32.2. The van der Waals surface area contributed by atoms with Gasteiger partial charge in [-0.25, -0.2) is 12.8 Å². The smallest absolute Gasteiger partial charge is 0.277 e. The van der Waals surface area contributed by atoms with Crippen molar-refractivity contribution < 1.29 is 27.4 Å². The fourth-order valence-corrected chi connectivity index (χ4v) is 6.23. The van der Waals surface area contributed by atoms with Gasteiger partial charge in [0, 0.05) is 23.7 Å². The highest BCUT2D eigenvalue weighted by molar-refractivity contribution is 7.91. The van der Waals surface area contributed by atoms with E-state index in [4.69, 9.17) is 9.47 Å². The number of ether oxygens (including phenoxy) is 2. The first-order valence-corrected chi connectivity index (χ1v) is 14.4. The van der Waals surface area contributed by atoms with Crippen LogP contribution in [-0.4, -0.2) is 34.9 Å². The summed E-state index contributed by atoms with van der Waals surface area (Å²) in [5.41, 5.74) is 0.775. The zero-order chi connectivity index (χ0) is 28.4. The van der Waals surface area contributed by atoms with Crippen LogP contribution in [0.5, 0.6) is 17.4 Å². The molecular formula is C29H28FN3O6S. The van der Waals surface area contributed by atoms with E-state index in [9.17, 15) is 22.7 Å². The van der Waals surface area contributed by atoms with Gasteiger partial charge in [-0.15, -0.1) is 0 Å². The van der Waals surface area contributed by atoms with Gasteiger partial charge in [0.2, 0.25) is 22.5 Å². The number of aryl methyl sites for hydroxylation is 1. The SMILES string of the molecule is CCCCc1nc(O)c(S(=O)(=O)c2ccc(-c3cncc(F)c3)cc2)c(=O)n1C(CC)c1cccc2c1OCO2. The quantitative estimate of drug-likeness (QED) is 0.299. The van der Waals surface area contributed by atoms with Crippen molar-refractivity contribution in [3.8, 4) is 28.5 Å². The number of sulfone groups is 1. The van der Waals surface area contributed by atoms with Crippen LogP contribution in [-0.2, 0) is 16.3 Å². The number of para-hydroxylation sites is 1. The molecular weight excluding hydrogens is 537 g/mol. The Morgan fingerprint density at radius 2 is 1.85 bits per heavy atom. The lowest BCUT2D eigenvalue weighted by atomic mass is 10.0. The maximum Gasteiger partial charge on any atom is 0.277 e. The number of pyridine rings is 1. The minimum atomic E-state index is -4.49. The number of rotatable bonds is 9. The third-order valence-electron chi connectivity index (χ3n) is 6.84. The average Bonchev–Trinajstić information content (AvgIpc) is 3.43. The molecule has 0 fully saturated rings. The molecule has 1 atom stereocenters. The molecule has 0 bridgehead atoms. The molecule has 1 aliphatic heterocycles. The molecule has 1 N–H and O–H groups in total. The Balaban J connectivity index is 1.65. The first kappa shape index (κ1) is 27.3. The highest BCUT2D eigenvalue weighted by Crippen LogP contribution is 2.41. The number of hydrogen-bond acceptors (Lipinski definition) is 8. The van der Waals surface area contributed by atoms with Crippen LogP contribution in [0.25, 0.3) is 11.1 Å². The van der Waals surface area contributed by atoms with Gasteiger partial charge in [0.25, 0.3) is 5.56 Å². The minimum absolute atomic E-state index is 0.0372. The number of hydrogen-bond donors (Lipinski definition) is 1. The number of nitrogens with zero attached hydrogens (tertiary/aromatic N) is 3. The van der Waals surface area contributed by atoms with E-state index in [0.29, 0.717) is 47.5 Å². The van der Waals surface area contributed by atoms with Gasteiger partial charge in [0.05, 0.1) is 17.1 Å². The number of benzene rings is 2. The molecule has 1 aliphatic rings. The standard InChI is InChI=1S/C29H28FN3O6S/c1-3-5-9-25-32-28(34)27(29(35)33(25)23(4-2)22-7-6-8-24-26(22)39-17-38-24)40(36,37)21-12-10-18(11-13-21)19-14-20(30)16-31-15-19/h6-8,10-16,23,34H,3-5,9,17H2,1-2H3. The fourth-order valence-electron chi connectivity index (χ4n) is 4.89. The van der Waals surface area contributed by atoms with Gasteiger partial charge < -0.3 is 14.6 Å². The van der Waals surface area contributed by atoms with Gasteiger partial charge in [-0.2, -0.15) is 4.98 Å². The van der Waals surface area contributed by atoms with Crippen LogP contribution < -0.4 is 15.0 Å². The van der Waals surface area contributed by atoms with Crippen molar-refractivity contribution in [1.29, 1.82) is 0 Å². The molecule has 40 heavy (non-hydrogen) atoms. The zero-order valence-corrected chi connectivity index (χ0v) is 22.8. The van der Waals surface area contributed by atoms with Crippen LogP contribution in [0.1, 0.15) is 50.5 Å². The molecule has 0 spiro atoms. The number of aromatic nitrogens is 3. The van der Waals surface area contributed by atoms with Crippen molar-refractivity contribution in [1.82, 2.24) is 14.5 Å². The lowest BCUT2D eigenvalue weighted by Crippen LogP contribution is -2.33. The van der Waals surface area contributed by atoms with Crippen LogP contribution >= 0.6 is 0 Å². The maximum absolute atomic E-state index is 14.1. The summed E-state index contributed by atoms with van der Waals surface area (Å²) in [5.74, 6) is -0.0746. The lowest BCUT2D eigenvalue weighted by Gasteiger charge is -2.24. The second-order valence-corrected chi connectivity index (χ2v) is 11.3. The predicted octanol–water partition coefficient (Wildman–Crippen LogP) is 5.05. The fraction of sp³-hybridized carbons (Fsp3) is 0.276. The molecule has 0 amide bonds. The number of aromatic hydroxyl groups is 1. The molecule has 4 aromatic rings. The summed E-state index contributed by atoms with van der Waals surface area (Å²) < 4.78 is 53.7. The Morgan fingerprint density at radius 1 is 1.07 bits per heavy atom. The van der Waals surface area contributed by atoms with Crippen molar-refractivity contribution >= 4 is 9.84 Å². The Labute approximate surface area is 230 Å². The second-order valence-electron chi connectivity index (χ2n) is 9.38. The van der Waals surface area contributed by atoms with Gasteiger partial charge in [-0.1, -0.05) is 44.5 Å². The topological polar surface area (TPSA) is 121 Å². The predicted molar refractivity (Wildman–Crippen MR) is 145 cm³/mol. The Bertz CT molecular complexity index is 1720. The van der Waals surface area contributed by atoms with Crippen molar-refractivity contribution in [2.75, 3.05) is 6.79 Å². The molecule has 0 saturated heterocycles. The third-order valence-corrected chi connectivity index (χ3v) is 8.63. The molecule has 9 nitrogen and oxygen atoms in total. The van der Waals surface area contributed by atoms with Crippen LogP contribution in [0.3, 0.4) is 0 Å². The van der Waals surface area contributed by atoms with Gasteiger partial charge in [-0.05, 0) is 42.7 Å². The molecule has 0 aliphatic carbocycles. The van der Waals surface area contributed by atoms with Crippen LogP contribution in [0.4, 0.5) is 4.39 Å². The van der Waals surface area contributed by atoms with Crippen LogP contribution in [0.2, 0.25) is 0 Å². The van der Waals surface area contributed by atoms with E-state index in [-0.39, 0.29) is 17.5 Å². The van der Waals surface area contributed by atoms with E-state index in [1.807, 2.05) is 13.8 Å². The number of unbranched alkanes of at least 4 members (excludes halogenated alkanes) is 1. The van der Waals surface area contributed by atoms with E-state index in [2.05, 4.69) is 9.97 Å². The van der Waals surface area contributed by atoms with Crippen LogP contribution in [0.15, 0.2) is 75.5 Å². The normalized spacial score (nSPS) is 13.4. The summed E-state index contributed by atoms with van der Waals surface area (Å²) in [6.07, 6.45) is 4.78. The molecule has 1 unspecified atom stereocenters. The Kier molecular flexibility index (Phi) is 7.57. The van der Waals surface area contributed by atoms with Crippen molar-refractivity contribution in [2.24, 2.45) is 0 Å². The summed E-state index contributed by atoms with van der Waals surface area (Å²) in [5, 5.41) is 10.8. The molecule has 2 aromatic carbocycles. The zero-order valence-electron chi connectivity index (χ0n) is 22.0. The minimum Gasteiger partial charge on any atom is -0.492 e. The first-order valence-electron chi connectivity index (χ1n) is 12.9. The van der Waals surface area contributed by atoms with E-state index in [1.165, 1.54) is 41.1 Å². The molecule has 0 radical (unpaired) electrons. The van der Waals surface area contributed by atoms with E-state index in [1.54, 1.807) is 18.2 Å². The summed E-state index contributed by atoms with van der Waals surface area (Å²) in [6.45, 7) is 3.89. The number of fused-ring (bicyclic) bond motifs is 1. The molecule has 208 valence electrons. The van der Waals surface area contributed by atoms with Gasteiger partial charge >= 0.3 is 0 Å². The lowest BCUT2D eigenvalue weighted by molar-refractivity contribution is 0.172. The summed E-state index contributed by atoms with van der Waals surface area (Å²) >= 11 is 0. The van der Waals surface area contributed by atoms with Gasteiger partial charge in [0.1, 0.15) is 11.6 Å². The third kappa shape index (κ3) is 4.92. The summed E-state index contributed by atoms with van der Waals surface area (Å²) in [6, 6.07) is 11.6. The highest BCUT2D eigenvalue weighted by Gasteiger charge is 2.33.